The van der Waals surface area contributed by atoms with E-state index in [-0.39, 0.29) is 18.3 Å². The third kappa shape index (κ3) is 5.09. The molecule has 1 aromatic rings. The van der Waals surface area contributed by atoms with E-state index in [9.17, 15) is 28.3 Å². The van der Waals surface area contributed by atoms with Gasteiger partial charge in [0, 0.05) is 6.20 Å². The van der Waals surface area contributed by atoms with Gasteiger partial charge >= 0.3 is 23.7 Å². The van der Waals surface area contributed by atoms with Gasteiger partial charge in [-0.15, -0.1) is 0 Å². The van der Waals surface area contributed by atoms with Gasteiger partial charge in [-0.05, 0) is 18.9 Å². The van der Waals surface area contributed by atoms with Gasteiger partial charge in [0.1, 0.15) is 24.6 Å². The Labute approximate surface area is 170 Å². The number of aromatic nitrogens is 2. The number of anilines is 1. The number of aliphatic hydroxyl groups is 1. The van der Waals surface area contributed by atoms with E-state index >= 15 is 0 Å². The normalized spacial score (nSPS) is 23.8. The number of nitrogens with two attached hydrogens (primary N) is 1. The first kappa shape index (κ1) is 23.6. The molecule has 2 rings (SSSR count). The molecule has 11 nitrogen and oxygen atoms in total. The molecule has 0 saturated carbocycles. The number of hydrogen-bond acceptors (Lipinski definition) is 9. The van der Waals surface area contributed by atoms with E-state index in [1.165, 1.54) is 0 Å². The van der Waals surface area contributed by atoms with Crippen molar-refractivity contribution in [1.29, 1.82) is 0 Å². The number of hydrogen-bond donors (Lipinski definition) is 3. The molecule has 1 amide bonds. The molecule has 0 aliphatic carbocycles. The first-order valence-corrected chi connectivity index (χ1v) is 9.15. The third-order valence-electron chi connectivity index (χ3n) is 4.35. The SMILES string of the molecule is CCOC(=O)Nc1ccn([C@@H]2OC(COC(=O)[C@@H](N)C(C)C)[C@@H](O)C2(F)F)c(=O)n1. The summed E-state index contributed by atoms with van der Waals surface area (Å²) in [6, 6.07) is 0.116. The second-order valence-electron chi connectivity index (χ2n) is 6.89. The average molecular weight is 434 g/mol. The van der Waals surface area contributed by atoms with Gasteiger partial charge in [0.2, 0.25) is 6.23 Å². The van der Waals surface area contributed by atoms with Gasteiger partial charge in [0.05, 0.1) is 6.61 Å². The number of carbonyl (C=O) groups excluding carboxylic acids is 2. The number of esters is 1. The largest absolute Gasteiger partial charge is 0.462 e. The van der Waals surface area contributed by atoms with E-state index in [4.69, 9.17) is 15.2 Å². The van der Waals surface area contributed by atoms with E-state index in [2.05, 4.69) is 15.0 Å². The van der Waals surface area contributed by atoms with E-state index in [1.54, 1.807) is 20.8 Å². The molecule has 1 aliphatic heterocycles. The van der Waals surface area contributed by atoms with Crippen LogP contribution in [-0.2, 0) is 19.0 Å². The standard InChI is InChI=1S/C17H24F2N4O7/c1-4-28-16(27)22-10-5-6-23(15(26)21-10)14-17(18,19)12(24)9(30-14)7-29-13(25)11(20)8(2)3/h5-6,8-9,11-12,14,24H,4,7,20H2,1-3H3,(H,21,22,26,27)/t9?,11-,12+,14+/m0/s1. The van der Waals surface area contributed by atoms with Crippen molar-refractivity contribution in [3.05, 3.63) is 22.7 Å². The van der Waals surface area contributed by atoms with Crippen LogP contribution in [0.4, 0.5) is 19.4 Å². The summed E-state index contributed by atoms with van der Waals surface area (Å²) in [6.07, 6.45) is -6.11. The van der Waals surface area contributed by atoms with Crippen LogP contribution in [0.15, 0.2) is 17.1 Å². The van der Waals surface area contributed by atoms with Crippen LogP contribution in [0.3, 0.4) is 0 Å². The highest BCUT2D eigenvalue weighted by Crippen LogP contribution is 2.42. The minimum Gasteiger partial charge on any atom is -0.462 e. The fraction of sp³-hybridized carbons (Fsp3) is 0.647. The molecule has 1 aliphatic rings. The van der Waals surface area contributed by atoms with Crippen LogP contribution in [0.1, 0.15) is 27.0 Å². The summed E-state index contributed by atoms with van der Waals surface area (Å²) >= 11 is 0. The maximum atomic E-state index is 14.5. The predicted octanol–water partition coefficient (Wildman–Crippen LogP) is 0.232. The van der Waals surface area contributed by atoms with Crippen molar-refractivity contribution in [3.63, 3.8) is 0 Å². The van der Waals surface area contributed by atoms with Gasteiger partial charge in [-0.25, -0.2) is 9.59 Å². The fourth-order valence-electron chi connectivity index (χ4n) is 2.57. The Morgan fingerprint density at radius 2 is 2.10 bits per heavy atom. The maximum absolute atomic E-state index is 14.5. The Bertz CT molecular complexity index is 833. The third-order valence-corrected chi connectivity index (χ3v) is 4.35. The van der Waals surface area contributed by atoms with Gasteiger partial charge < -0.3 is 25.1 Å². The van der Waals surface area contributed by atoms with Crippen molar-refractivity contribution in [2.45, 2.75) is 51.2 Å². The molecular formula is C17H24F2N4O7. The van der Waals surface area contributed by atoms with Crippen molar-refractivity contribution in [2.75, 3.05) is 18.5 Å². The molecule has 2 heterocycles. The topological polar surface area (TPSA) is 155 Å². The summed E-state index contributed by atoms with van der Waals surface area (Å²) in [7, 11) is 0. The predicted molar refractivity (Wildman–Crippen MR) is 97.8 cm³/mol. The summed E-state index contributed by atoms with van der Waals surface area (Å²) in [6.45, 7) is 4.32. The van der Waals surface area contributed by atoms with Crippen molar-refractivity contribution in [1.82, 2.24) is 9.55 Å². The van der Waals surface area contributed by atoms with Crippen LogP contribution in [0, 0.1) is 5.92 Å². The zero-order valence-electron chi connectivity index (χ0n) is 16.6. The Hall–Kier alpha value is -2.64. The number of alkyl halides is 2. The molecule has 0 aromatic carbocycles. The van der Waals surface area contributed by atoms with Crippen LogP contribution < -0.4 is 16.7 Å². The zero-order chi connectivity index (χ0) is 22.6. The van der Waals surface area contributed by atoms with E-state index in [0.29, 0.717) is 4.57 Å². The molecule has 1 aromatic heterocycles. The molecule has 4 atom stereocenters. The lowest BCUT2D eigenvalue weighted by Gasteiger charge is -2.21. The number of halogens is 2. The summed E-state index contributed by atoms with van der Waals surface area (Å²) in [4.78, 5) is 38.8. The summed E-state index contributed by atoms with van der Waals surface area (Å²) < 4.78 is 44.1. The van der Waals surface area contributed by atoms with Crippen LogP contribution in [0.5, 0.6) is 0 Å². The fourth-order valence-corrected chi connectivity index (χ4v) is 2.57. The zero-order valence-corrected chi connectivity index (χ0v) is 16.6. The van der Waals surface area contributed by atoms with E-state index in [1.807, 2.05) is 0 Å². The Balaban J connectivity index is 2.13. The second kappa shape index (κ2) is 9.45. The summed E-state index contributed by atoms with van der Waals surface area (Å²) in [5.74, 6) is -5.18. The van der Waals surface area contributed by atoms with E-state index < -0.39 is 54.8 Å². The van der Waals surface area contributed by atoms with Crippen LogP contribution in [-0.4, -0.2) is 64.1 Å². The number of amides is 1. The van der Waals surface area contributed by atoms with Crippen LogP contribution in [0.25, 0.3) is 0 Å². The lowest BCUT2D eigenvalue weighted by molar-refractivity contribution is -0.153. The highest BCUT2D eigenvalue weighted by molar-refractivity contribution is 5.83. The molecule has 0 bridgehead atoms. The molecule has 0 radical (unpaired) electrons. The second-order valence-corrected chi connectivity index (χ2v) is 6.89. The first-order valence-electron chi connectivity index (χ1n) is 9.15. The lowest BCUT2D eigenvalue weighted by atomic mass is 10.1. The van der Waals surface area contributed by atoms with Gasteiger partial charge in [0.15, 0.2) is 6.10 Å². The van der Waals surface area contributed by atoms with Gasteiger partial charge in [-0.1, -0.05) is 13.8 Å². The summed E-state index contributed by atoms with van der Waals surface area (Å²) in [5, 5.41) is 12.1. The molecule has 4 N–H and O–H groups in total. The van der Waals surface area contributed by atoms with Crippen LogP contribution in [0.2, 0.25) is 0 Å². The number of nitrogens with one attached hydrogen (secondary N) is 1. The monoisotopic (exact) mass is 434 g/mol. The van der Waals surface area contributed by atoms with Crippen molar-refractivity contribution in [2.24, 2.45) is 11.7 Å². The van der Waals surface area contributed by atoms with Crippen molar-refractivity contribution >= 4 is 17.9 Å². The quantitative estimate of drug-likeness (QED) is 0.512. The maximum Gasteiger partial charge on any atom is 0.412 e. The minimum absolute atomic E-state index is 0.0803. The summed E-state index contributed by atoms with van der Waals surface area (Å²) in [5.41, 5.74) is 4.45. The highest BCUT2D eigenvalue weighted by atomic mass is 19.3. The molecule has 1 unspecified atom stereocenters. The van der Waals surface area contributed by atoms with Gasteiger partial charge in [0.25, 0.3) is 0 Å². The number of rotatable bonds is 7. The number of nitrogens with zero attached hydrogens (tertiary/aromatic N) is 2. The van der Waals surface area contributed by atoms with E-state index in [0.717, 1.165) is 12.3 Å². The van der Waals surface area contributed by atoms with Gasteiger partial charge in [-0.2, -0.15) is 13.8 Å². The smallest absolute Gasteiger partial charge is 0.412 e. The molecule has 1 fully saturated rings. The molecule has 0 spiro atoms. The van der Waals surface area contributed by atoms with Crippen molar-refractivity contribution in [3.8, 4) is 0 Å². The molecule has 168 valence electrons. The van der Waals surface area contributed by atoms with Crippen molar-refractivity contribution < 1.29 is 37.7 Å². The Morgan fingerprint density at radius 3 is 2.67 bits per heavy atom. The minimum atomic E-state index is -3.89. The number of ether oxygens (including phenoxy) is 3. The highest BCUT2D eigenvalue weighted by Gasteiger charge is 2.60. The number of carbonyl (C=O) groups is 2. The molecule has 13 heteroatoms. The lowest BCUT2D eigenvalue weighted by Crippen LogP contribution is -2.43. The number of aliphatic hydroxyl groups excluding tert-OH is 1. The molecular weight excluding hydrogens is 410 g/mol. The Kier molecular flexibility index (Phi) is 7.44. The molecule has 30 heavy (non-hydrogen) atoms. The average Bonchev–Trinajstić information content (AvgIpc) is 2.89. The molecule has 1 saturated heterocycles. The Morgan fingerprint density at radius 1 is 1.43 bits per heavy atom. The first-order chi connectivity index (χ1) is 14.0. The van der Waals surface area contributed by atoms with Crippen LogP contribution >= 0.6 is 0 Å². The van der Waals surface area contributed by atoms with Gasteiger partial charge in [-0.3, -0.25) is 14.7 Å².